The Kier molecular flexibility index (Phi) is 2.46. The van der Waals surface area contributed by atoms with E-state index in [-0.39, 0.29) is 0 Å². The molecule has 1 aliphatic carbocycles. The van der Waals surface area contributed by atoms with Crippen LogP contribution in [0.4, 0.5) is 0 Å². The fraction of sp³-hybridized carbons (Fsp3) is 0.750. The molecule has 1 aromatic rings. The van der Waals surface area contributed by atoms with Gasteiger partial charge >= 0.3 is 0 Å². The van der Waals surface area contributed by atoms with E-state index in [1.165, 1.54) is 41.4 Å². The zero-order valence-electron chi connectivity index (χ0n) is 6.96. The molecule has 12 heavy (non-hydrogen) atoms. The topological polar surface area (TPSA) is 25.8 Å². The molecule has 0 saturated heterocycles. The third-order valence-corrected chi connectivity index (χ3v) is 4.08. The van der Waals surface area contributed by atoms with Gasteiger partial charge in [0.2, 0.25) is 0 Å². The molecule has 1 unspecified atom stereocenters. The molecule has 2 nitrogen and oxygen atoms in total. The molecule has 1 atom stereocenters. The highest BCUT2D eigenvalue weighted by atomic mass is 79.9. The summed E-state index contributed by atoms with van der Waals surface area (Å²) < 4.78 is 4.01. The third-order valence-electron chi connectivity index (χ3n) is 2.39. The molecule has 66 valence electrons. The molecule has 0 N–H and O–H groups in total. The van der Waals surface area contributed by atoms with Crippen LogP contribution in [0.1, 0.15) is 47.5 Å². The van der Waals surface area contributed by atoms with Crippen molar-refractivity contribution in [1.82, 2.24) is 9.59 Å². The molecule has 0 spiro atoms. The summed E-state index contributed by atoms with van der Waals surface area (Å²) in [5, 5.41) is 4.20. The molecule has 0 radical (unpaired) electrons. The van der Waals surface area contributed by atoms with E-state index in [4.69, 9.17) is 0 Å². The van der Waals surface area contributed by atoms with Crippen LogP contribution in [0.3, 0.4) is 0 Å². The highest BCUT2D eigenvalue weighted by Crippen LogP contribution is 2.40. The first kappa shape index (κ1) is 8.63. The Morgan fingerprint density at radius 1 is 1.58 bits per heavy atom. The Balaban J connectivity index is 2.23. The summed E-state index contributed by atoms with van der Waals surface area (Å²) in [7, 11) is 0. The van der Waals surface area contributed by atoms with Crippen molar-refractivity contribution >= 4 is 27.5 Å². The average molecular weight is 247 g/mol. The van der Waals surface area contributed by atoms with Crippen LogP contribution in [0.2, 0.25) is 0 Å². The van der Waals surface area contributed by atoms with Gasteiger partial charge in [-0.2, -0.15) is 0 Å². The molecule has 1 heterocycles. The number of rotatable bonds is 2. The summed E-state index contributed by atoms with van der Waals surface area (Å²) in [6.45, 7) is 2.14. The van der Waals surface area contributed by atoms with Crippen molar-refractivity contribution in [1.29, 1.82) is 0 Å². The van der Waals surface area contributed by atoms with Crippen molar-refractivity contribution in [2.75, 3.05) is 0 Å². The Morgan fingerprint density at radius 3 is 2.83 bits per heavy atom. The van der Waals surface area contributed by atoms with E-state index in [9.17, 15) is 0 Å². The van der Waals surface area contributed by atoms with Crippen molar-refractivity contribution < 1.29 is 0 Å². The van der Waals surface area contributed by atoms with Gasteiger partial charge in [0.1, 0.15) is 0 Å². The Hall–Kier alpha value is 0.0400. The summed E-state index contributed by atoms with van der Waals surface area (Å²) in [6.07, 6.45) is 3.97. The number of hydrogen-bond acceptors (Lipinski definition) is 3. The van der Waals surface area contributed by atoms with Crippen LogP contribution in [-0.2, 0) is 0 Å². The lowest BCUT2D eigenvalue weighted by atomic mass is 9.82. The first-order valence-electron chi connectivity index (χ1n) is 4.25. The fourth-order valence-corrected chi connectivity index (χ4v) is 2.59. The van der Waals surface area contributed by atoms with E-state index in [0.29, 0.717) is 10.7 Å². The largest absolute Gasteiger partial charge is 0.143 e. The minimum Gasteiger partial charge on any atom is -0.143 e. The lowest BCUT2D eigenvalue weighted by Crippen LogP contribution is -2.11. The number of hydrogen-bond donors (Lipinski definition) is 0. The predicted octanol–water partition coefficient (Wildman–Crippen LogP) is 3.26. The van der Waals surface area contributed by atoms with Gasteiger partial charge in [-0.1, -0.05) is 26.8 Å². The van der Waals surface area contributed by atoms with Gasteiger partial charge in [0.25, 0.3) is 0 Å². The van der Waals surface area contributed by atoms with Crippen molar-refractivity contribution in [2.45, 2.75) is 36.9 Å². The van der Waals surface area contributed by atoms with Gasteiger partial charge in [0, 0.05) is 10.7 Å². The van der Waals surface area contributed by atoms with E-state index in [1.54, 1.807) is 0 Å². The molecule has 0 amide bonds. The van der Waals surface area contributed by atoms with E-state index in [0.717, 1.165) is 0 Å². The quantitative estimate of drug-likeness (QED) is 0.749. The summed E-state index contributed by atoms with van der Waals surface area (Å²) in [4.78, 5) is 1.73. The fourth-order valence-electron chi connectivity index (χ4n) is 1.45. The maximum absolute atomic E-state index is 4.20. The smallest absolute Gasteiger partial charge is 0.0829 e. The summed E-state index contributed by atoms with van der Waals surface area (Å²) in [6, 6.07) is 0. The first-order chi connectivity index (χ1) is 5.79. The minimum absolute atomic E-state index is 0.410. The Labute approximate surface area is 84.7 Å². The molecule has 0 bridgehead atoms. The zero-order chi connectivity index (χ0) is 8.55. The first-order valence-corrected chi connectivity index (χ1v) is 5.94. The molecule has 1 fully saturated rings. The van der Waals surface area contributed by atoms with Crippen LogP contribution in [-0.4, -0.2) is 9.59 Å². The lowest BCUT2D eigenvalue weighted by Gasteiger charge is -2.24. The van der Waals surface area contributed by atoms with Gasteiger partial charge in [-0.05, 0) is 31.3 Å². The lowest BCUT2D eigenvalue weighted by molar-refractivity contribution is 0.408. The van der Waals surface area contributed by atoms with Crippen molar-refractivity contribution in [3.8, 4) is 0 Å². The van der Waals surface area contributed by atoms with Crippen LogP contribution in [0.25, 0.3) is 0 Å². The summed E-state index contributed by atoms with van der Waals surface area (Å²) in [5.74, 6) is 0.707. The average Bonchev–Trinajstić information content (AvgIpc) is 2.31. The van der Waals surface area contributed by atoms with Gasteiger partial charge in [0.15, 0.2) is 0 Å². The van der Waals surface area contributed by atoms with Crippen LogP contribution in [0.15, 0.2) is 0 Å². The van der Waals surface area contributed by atoms with Crippen LogP contribution in [0.5, 0.6) is 0 Å². The standard InChI is InChI=1S/C8H11BrN2S/c1-5(9)8-7(10-11-12-8)6-3-2-4-6/h5-6H,2-4H2,1H3. The highest BCUT2D eigenvalue weighted by Gasteiger charge is 2.26. The maximum atomic E-state index is 4.20. The molecule has 1 aliphatic rings. The normalized spacial score (nSPS) is 20.5. The number of nitrogens with zero attached hydrogens (tertiary/aromatic N) is 2. The van der Waals surface area contributed by atoms with Crippen LogP contribution >= 0.6 is 27.5 Å². The van der Waals surface area contributed by atoms with Gasteiger partial charge < -0.3 is 0 Å². The maximum Gasteiger partial charge on any atom is 0.0829 e. The monoisotopic (exact) mass is 246 g/mol. The number of aromatic nitrogens is 2. The minimum atomic E-state index is 0.410. The Morgan fingerprint density at radius 2 is 2.33 bits per heavy atom. The molecule has 4 heteroatoms. The second-order valence-electron chi connectivity index (χ2n) is 3.27. The van der Waals surface area contributed by atoms with Crippen LogP contribution in [0, 0.1) is 0 Å². The van der Waals surface area contributed by atoms with E-state index in [2.05, 4.69) is 32.4 Å². The zero-order valence-corrected chi connectivity index (χ0v) is 9.36. The van der Waals surface area contributed by atoms with Crippen LogP contribution < -0.4 is 0 Å². The second kappa shape index (κ2) is 3.42. The molecule has 0 aliphatic heterocycles. The molecular formula is C8H11BrN2S. The third kappa shape index (κ3) is 1.42. The van der Waals surface area contributed by atoms with E-state index < -0.39 is 0 Å². The number of alkyl halides is 1. The highest BCUT2D eigenvalue weighted by molar-refractivity contribution is 9.09. The second-order valence-corrected chi connectivity index (χ2v) is 5.43. The van der Waals surface area contributed by atoms with Crippen molar-refractivity contribution in [3.63, 3.8) is 0 Å². The van der Waals surface area contributed by atoms with E-state index >= 15 is 0 Å². The van der Waals surface area contributed by atoms with Gasteiger partial charge in [-0.15, -0.1) is 5.10 Å². The molecule has 1 saturated carbocycles. The summed E-state index contributed by atoms with van der Waals surface area (Å²) in [5.41, 5.74) is 1.25. The number of halogens is 1. The molecule has 1 aromatic heterocycles. The van der Waals surface area contributed by atoms with Gasteiger partial charge in [-0.25, -0.2) is 0 Å². The molecule has 2 rings (SSSR count). The van der Waals surface area contributed by atoms with E-state index in [1.807, 2.05) is 0 Å². The summed E-state index contributed by atoms with van der Waals surface area (Å²) >= 11 is 5.09. The SMILES string of the molecule is CC(Br)c1snnc1C1CCC1. The van der Waals surface area contributed by atoms with Gasteiger partial charge in [-0.3, -0.25) is 0 Å². The van der Waals surface area contributed by atoms with Crippen molar-refractivity contribution in [2.24, 2.45) is 0 Å². The van der Waals surface area contributed by atoms with Gasteiger partial charge in [0.05, 0.1) is 10.6 Å². The Bertz CT molecular complexity index is 268. The molecule has 0 aromatic carbocycles. The van der Waals surface area contributed by atoms with Crippen molar-refractivity contribution in [3.05, 3.63) is 10.6 Å². The molecular weight excluding hydrogens is 236 g/mol. The predicted molar refractivity (Wildman–Crippen MR) is 53.8 cm³/mol.